The summed E-state index contributed by atoms with van der Waals surface area (Å²) in [5.74, 6) is 0.891. The Kier molecular flexibility index (Phi) is 6.76. The van der Waals surface area contributed by atoms with Crippen LogP contribution in [0.3, 0.4) is 0 Å². The van der Waals surface area contributed by atoms with Gasteiger partial charge in [0.25, 0.3) is 0 Å². The topological polar surface area (TPSA) is 30.5 Å². The van der Waals surface area contributed by atoms with Crippen LogP contribution in [0.1, 0.15) is 38.3 Å². The van der Waals surface area contributed by atoms with Gasteiger partial charge in [-0.05, 0) is 30.7 Å². The van der Waals surface area contributed by atoms with Crippen LogP contribution in [-0.2, 0) is 4.74 Å². The van der Waals surface area contributed by atoms with E-state index in [1.807, 2.05) is 12.1 Å². The second-order valence-electron chi connectivity index (χ2n) is 4.37. The Hall–Kier alpha value is -1.06. The van der Waals surface area contributed by atoms with Crippen LogP contribution in [0.2, 0.25) is 0 Å². The number of hydrogen-bond donors (Lipinski definition) is 1. The highest BCUT2D eigenvalue weighted by molar-refractivity contribution is 5.31. The molecular formula is C15H25NO2. The lowest BCUT2D eigenvalue weighted by Gasteiger charge is -2.27. The first kappa shape index (κ1) is 15.0. The summed E-state index contributed by atoms with van der Waals surface area (Å²) in [7, 11) is 3.48. The maximum atomic E-state index is 5.63. The largest absolute Gasteiger partial charge is 0.497 e. The molecule has 1 rings (SSSR count). The zero-order chi connectivity index (χ0) is 13.4. The maximum absolute atomic E-state index is 5.63. The van der Waals surface area contributed by atoms with Gasteiger partial charge >= 0.3 is 0 Å². The van der Waals surface area contributed by atoms with Gasteiger partial charge in [-0.3, -0.25) is 0 Å². The summed E-state index contributed by atoms with van der Waals surface area (Å²) in [4.78, 5) is 0. The average molecular weight is 251 g/mol. The van der Waals surface area contributed by atoms with Gasteiger partial charge in [0.1, 0.15) is 5.75 Å². The van der Waals surface area contributed by atoms with Crippen LogP contribution in [0.4, 0.5) is 0 Å². The molecule has 1 aromatic carbocycles. The van der Waals surface area contributed by atoms with E-state index < -0.39 is 0 Å². The van der Waals surface area contributed by atoms with E-state index in [0.29, 0.717) is 0 Å². The Balaban J connectivity index is 2.93. The van der Waals surface area contributed by atoms with E-state index in [1.54, 1.807) is 14.2 Å². The van der Waals surface area contributed by atoms with Gasteiger partial charge in [0, 0.05) is 7.11 Å². The van der Waals surface area contributed by atoms with Crippen LogP contribution >= 0.6 is 0 Å². The van der Waals surface area contributed by atoms with Crippen LogP contribution in [0, 0.1) is 0 Å². The first-order chi connectivity index (χ1) is 8.76. The Bertz CT molecular complexity index is 341. The first-order valence-corrected chi connectivity index (χ1v) is 6.66. The second kappa shape index (κ2) is 8.11. The molecule has 18 heavy (non-hydrogen) atoms. The monoisotopic (exact) mass is 251 g/mol. The van der Waals surface area contributed by atoms with Crippen LogP contribution in [0.25, 0.3) is 0 Å². The smallest absolute Gasteiger partial charge is 0.119 e. The van der Waals surface area contributed by atoms with Gasteiger partial charge in [0.05, 0.1) is 19.3 Å². The molecule has 3 nitrogen and oxygen atoms in total. The molecule has 0 aliphatic rings. The van der Waals surface area contributed by atoms with E-state index >= 15 is 0 Å². The molecule has 0 radical (unpaired) electrons. The van der Waals surface area contributed by atoms with Gasteiger partial charge in [-0.25, -0.2) is 0 Å². The minimum atomic E-state index is 0.196. The first-order valence-electron chi connectivity index (χ1n) is 6.66. The lowest BCUT2D eigenvalue weighted by molar-refractivity contribution is 0.0610. The number of methoxy groups -OCH3 is 2. The lowest BCUT2D eigenvalue weighted by Crippen LogP contribution is -2.33. The molecule has 0 aromatic heterocycles. The molecule has 2 unspecified atom stereocenters. The molecule has 3 heteroatoms. The number of rotatable bonds is 8. The summed E-state index contributed by atoms with van der Waals surface area (Å²) < 4.78 is 10.9. The van der Waals surface area contributed by atoms with E-state index in [1.165, 1.54) is 5.56 Å². The van der Waals surface area contributed by atoms with Crippen molar-refractivity contribution in [3.8, 4) is 5.75 Å². The zero-order valence-electron chi connectivity index (χ0n) is 11.9. The van der Waals surface area contributed by atoms with Crippen molar-refractivity contribution in [3.63, 3.8) is 0 Å². The molecule has 0 fully saturated rings. The third-order valence-electron chi connectivity index (χ3n) is 3.12. The van der Waals surface area contributed by atoms with Crippen molar-refractivity contribution in [2.45, 2.75) is 38.8 Å². The fourth-order valence-electron chi connectivity index (χ4n) is 2.22. The van der Waals surface area contributed by atoms with E-state index in [4.69, 9.17) is 9.47 Å². The molecule has 0 saturated carbocycles. The third kappa shape index (κ3) is 4.00. The molecule has 0 aliphatic carbocycles. The lowest BCUT2D eigenvalue weighted by atomic mass is 9.98. The third-order valence-corrected chi connectivity index (χ3v) is 3.12. The molecule has 0 aliphatic heterocycles. The molecule has 102 valence electrons. The number of benzene rings is 1. The number of nitrogens with one attached hydrogen (secondary N) is 1. The van der Waals surface area contributed by atoms with E-state index in [0.717, 1.165) is 25.1 Å². The molecule has 1 aromatic rings. The summed E-state index contributed by atoms with van der Waals surface area (Å²) in [6, 6.07) is 8.41. The Labute approximate surface area is 110 Å². The second-order valence-corrected chi connectivity index (χ2v) is 4.37. The standard InChI is InChI=1S/C15H25NO2/c1-5-8-14(18-4)15(16-6-2)12-9-7-10-13(11-12)17-3/h7,9-11,14-16H,5-6,8H2,1-4H3. The fourth-order valence-corrected chi connectivity index (χ4v) is 2.22. The van der Waals surface area contributed by atoms with Gasteiger partial charge in [-0.2, -0.15) is 0 Å². The van der Waals surface area contributed by atoms with Crippen molar-refractivity contribution in [2.24, 2.45) is 0 Å². The highest BCUT2D eigenvalue weighted by atomic mass is 16.5. The van der Waals surface area contributed by atoms with Crippen molar-refractivity contribution in [1.29, 1.82) is 0 Å². The predicted molar refractivity (Wildman–Crippen MR) is 75.1 cm³/mol. The normalized spacial score (nSPS) is 14.2. The van der Waals surface area contributed by atoms with Crippen LogP contribution in [0.15, 0.2) is 24.3 Å². The van der Waals surface area contributed by atoms with Gasteiger partial charge in [-0.1, -0.05) is 32.4 Å². The number of ether oxygens (including phenoxy) is 2. The predicted octanol–water partition coefficient (Wildman–Crippen LogP) is 3.16. The quantitative estimate of drug-likeness (QED) is 0.770. The molecule has 2 atom stereocenters. The van der Waals surface area contributed by atoms with E-state index in [9.17, 15) is 0 Å². The summed E-state index contributed by atoms with van der Waals surface area (Å²) in [6.07, 6.45) is 2.36. The van der Waals surface area contributed by atoms with Crippen molar-refractivity contribution >= 4 is 0 Å². The molecule has 0 heterocycles. The Morgan fingerprint density at radius 2 is 2.00 bits per heavy atom. The Morgan fingerprint density at radius 1 is 1.22 bits per heavy atom. The molecule has 0 bridgehead atoms. The summed E-state index contributed by atoms with van der Waals surface area (Å²) in [6.45, 7) is 5.22. The van der Waals surface area contributed by atoms with Crippen LogP contribution in [-0.4, -0.2) is 26.9 Å². The van der Waals surface area contributed by atoms with E-state index in [-0.39, 0.29) is 12.1 Å². The summed E-state index contributed by atoms with van der Waals surface area (Å²) >= 11 is 0. The van der Waals surface area contributed by atoms with Crippen molar-refractivity contribution in [2.75, 3.05) is 20.8 Å². The fraction of sp³-hybridized carbons (Fsp3) is 0.600. The molecule has 0 saturated heterocycles. The van der Waals surface area contributed by atoms with E-state index in [2.05, 4.69) is 31.3 Å². The Morgan fingerprint density at radius 3 is 2.56 bits per heavy atom. The molecule has 0 amide bonds. The summed E-state index contributed by atoms with van der Waals surface area (Å²) in [5.41, 5.74) is 1.22. The minimum Gasteiger partial charge on any atom is -0.497 e. The minimum absolute atomic E-state index is 0.196. The zero-order valence-corrected chi connectivity index (χ0v) is 11.9. The van der Waals surface area contributed by atoms with Gasteiger partial charge in [-0.15, -0.1) is 0 Å². The maximum Gasteiger partial charge on any atom is 0.119 e. The highest BCUT2D eigenvalue weighted by Gasteiger charge is 2.21. The number of likely N-dealkylation sites (N-methyl/N-ethyl adjacent to an activating group) is 1. The van der Waals surface area contributed by atoms with Gasteiger partial charge in [0.2, 0.25) is 0 Å². The highest BCUT2D eigenvalue weighted by Crippen LogP contribution is 2.25. The van der Waals surface area contributed by atoms with Crippen molar-refractivity contribution in [3.05, 3.63) is 29.8 Å². The van der Waals surface area contributed by atoms with Crippen molar-refractivity contribution in [1.82, 2.24) is 5.32 Å². The van der Waals surface area contributed by atoms with Gasteiger partial charge < -0.3 is 14.8 Å². The molecular weight excluding hydrogens is 226 g/mol. The molecule has 1 N–H and O–H groups in total. The average Bonchev–Trinajstić information content (AvgIpc) is 2.42. The SMILES string of the molecule is CCCC(OC)C(NCC)c1cccc(OC)c1. The molecule has 0 spiro atoms. The van der Waals surface area contributed by atoms with Crippen LogP contribution in [0.5, 0.6) is 5.75 Å². The summed E-state index contributed by atoms with van der Waals surface area (Å²) in [5, 5.41) is 3.51. The van der Waals surface area contributed by atoms with Crippen LogP contribution < -0.4 is 10.1 Å². The van der Waals surface area contributed by atoms with Crippen molar-refractivity contribution < 1.29 is 9.47 Å². The number of hydrogen-bond acceptors (Lipinski definition) is 3. The van der Waals surface area contributed by atoms with Gasteiger partial charge in [0.15, 0.2) is 0 Å².